The Bertz CT molecular complexity index is 208. The van der Waals surface area contributed by atoms with Gasteiger partial charge in [-0.3, -0.25) is 0 Å². The summed E-state index contributed by atoms with van der Waals surface area (Å²) in [5, 5.41) is 9.37. The van der Waals surface area contributed by atoms with E-state index in [1.165, 1.54) is 12.8 Å². The molecule has 86 valence electrons. The van der Waals surface area contributed by atoms with Gasteiger partial charge >= 0.3 is 6.03 Å². The summed E-state index contributed by atoms with van der Waals surface area (Å²) >= 11 is 0. The second-order valence-corrected chi connectivity index (χ2v) is 4.64. The molecule has 15 heavy (non-hydrogen) atoms. The maximum atomic E-state index is 11.6. The summed E-state index contributed by atoms with van der Waals surface area (Å²) in [6.45, 7) is 2.00. The molecule has 2 fully saturated rings. The van der Waals surface area contributed by atoms with Crippen molar-refractivity contribution < 1.29 is 4.79 Å². The molecule has 0 aromatic rings. The molecule has 0 unspecified atom stereocenters. The van der Waals surface area contributed by atoms with Crippen molar-refractivity contribution in [2.24, 2.45) is 0 Å². The third kappa shape index (κ3) is 3.38. The van der Waals surface area contributed by atoms with Gasteiger partial charge in [0.2, 0.25) is 0 Å². The smallest absolute Gasteiger partial charge is 0.315 e. The van der Waals surface area contributed by atoms with E-state index in [1.807, 2.05) is 0 Å². The number of hydrogen-bond acceptors (Lipinski definition) is 2. The standard InChI is InChI=1S/C11H21N3O/c15-11(13-9-4-1-2-5-9)14-10-6-3-7-12-8-10/h9-10,12H,1-8H2,(H2,13,14,15)/t10-/m0/s1. The molecule has 0 aromatic carbocycles. The number of rotatable bonds is 2. The summed E-state index contributed by atoms with van der Waals surface area (Å²) in [4.78, 5) is 11.6. The summed E-state index contributed by atoms with van der Waals surface area (Å²) in [6.07, 6.45) is 7.08. The number of hydrogen-bond donors (Lipinski definition) is 3. The normalized spacial score (nSPS) is 27.6. The third-order valence-corrected chi connectivity index (χ3v) is 3.32. The predicted molar refractivity (Wildman–Crippen MR) is 59.8 cm³/mol. The minimum absolute atomic E-state index is 0.0237. The van der Waals surface area contributed by atoms with Crippen molar-refractivity contribution >= 4 is 6.03 Å². The fraction of sp³-hybridized carbons (Fsp3) is 0.909. The quantitative estimate of drug-likeness (QED) is 0.638. The van der Waals surface area contributed by atoms with Gasteiger partial charge in [-0.05, 0) is 32.2 Å². The van der Waals surface area contributed by atoms with Crippen LogP contribution in [0.3, 0.4) is 0 Å². The van der Waals surface area contributed by atoms with Gasteiger partial charge < -0.3 is 16.0 Å². The Kier molecular flexibility index (Phi) is 3.83. The Morgan fingerprint density at radius 1 is 1.00 bits per heavy atom. The Labute approximate surface area is 91.2 Å². The van der Waals surface area contributed by atoms with Crippen LogP contribution in [0.4, 0.5) is 4.79 Å². The molecule has 0 bridgehead atoms. The summed E-state index contributed by atoms with van der Waals surface area (Å²) < 4.78 is 0. The number of carbonyl (C=O) groups excluding carboxylic acids is 1. The van der Waals surface area contributed by atoms with E-state index in [0.29, 0.717) is 12.1 Å². The van der Waals surface area contributed by atoms with E-state index in [1.54, 1.807) is 0 Å². The molecule has 2 rings (SSSR count). The Balaban J connectivity index is 1.66. The maximum absolute atomic E-state index is 11.6. The average molecular weight is 211 g/mol. The van der Waals surface area contributed by atoms with Crippen LogP contribution in [0.5, 0.6) is 0 Å². The van der Waals surface area contributed by atoms with Crippen LogP contribution in [0.1, 0.15) is 38.5 Å². The third-order valence-electron chi connectivity index (χ3n) is 3.32. The largest absolute Gasteiger partial charge is 0.335 e. The summed E-state index contributed by atoms with van der Waals surface area (Å²) in [5.74, 6) is 0. The van der Waals surface area contributed by atoms with Crippen molar-refractivity contribution in [1.82, 2.24) is 16.0 Å². The van der Waals surface area contributed by atoms with Crippen molar-refractivity contribution in [3.05, 3.63) is 0 Å². The zero-order valence-electron chi connectivity index (χ0n) is 9.22. The first kappa shape index (κ1) is 10.7. The number of nitrogens with one attached hydrogen (secondary N) is 3. The molecule has 1 aliphatic heterocycles. The zero-order chi connectivity index (χ0) is 10.5. The van der Waals surface area contributed by atoms with Crippen LogP contribution in [0.15, 0.2) is 0 Å². The molecule has 1 saturated carbocycles. The molecule has 4 nitrogen and oxygen atoms in total. The van der Waals surface area contributed by atoms with Crippen LogP contribution >= 0.6 is 0 Å². The van der Waals surface area contributed by atoms with E-state index in [0.717, 1.165) is 38.8 Å². The van der Waals surface area contributed by atoms with Crippen LogP contribution in [-0.4, -0.2) is 31.2 Å². The van der Waals surface area contributed by atoms with Gasteiger partial charge in [-0.2, -0.15) is 0 Å². The highest BCUT2D eigenvalue weighted by atomic mass is 16.2. The van der Waals surface area contributed by atoms with Crippen LogP contribution in [-0.2, 0) is 0 Å². The fourth-order valence-corrected chi connectivity index (χ4v) is 2.46. The van der Waals surface area contributed by atoms with Gasteiger partial charge in [0.15, 0.2) is 0 Å². The highest BCUT2D eigenvalue weighted by molar-refractivity contribution is 5.74. The van der Waals surface area contributed by atoms with Gasteiger partial charge in [-0.25, -0.2) is 4.79 Å². The topological polar surface area (TPSA) is 53.2 Å². The average Bonchev–Trinajstić information content (AvgIpc) is 2.71. The highest BCUT2D eigenvalue weighted by Crippen LogP contribution is 2.17. The van der Waals surface area contributed by atoms with Crippen LogP contribution in [0.2, 0.25) is 0 Å². The second kappa shape index (κ2) is 5.35. The van der Waals surface area contributed by atoms with Gasteiger partial charge in [0.1, 0.15) is 0 Å². The SMILES string of the molecule is O=C(NC1CCCC1)N[C@H]1CCCNC1. The lowest BCUT2D eigenvalue weighted by molar-refractivity contribution is 0.230. The van der Waals surface area contributed by atoms with Crippen molar-refractivity contribution in [3.63, 3.8) is 0 Å². The summed E-state index contributed by atoms with van der Waals surface area (Å²) in [7, 11) is 0. The fourth-order valence-electron chi connectivity index (χ4n) is 2.46. The van der Waals surface area contributed by atoms with Crippen molar-refractivity contribution in [2.75, 3.05) is 13.1 Å². The number of piperidine rings is 1. The molecular weight excluding hydrogens is 190 g/mol. The van der Waals surface area contributed by atoms with E-state index >= 15 is 0 Å². The van der Waals surface area contributed by atoms with Gasteiger partial charge in [0, 0.05) is 18.6 Å². The molecule has 0 aromatic heterocycles. The van der Waals surface area contributed by atoms with Gasteiger partial charge in [0.25, 0.3) is 0 Å². The minimum atomic E-state index is 0.0237. The molecule has 1 saturated heterocycles. The molecule has 2 aliphatic rings. The van der Waals surface area contributed by atoms with Crippen molar-refractivity contribution in [3.8, 4) is 0 Å². The lowest BCUT2D eigenvalue weighted by atomic mass is 10.1. The Hall–Kier alpha value is -0.770. The summed E-state index contributed by atoms with van der Waals surface area (Å²) in [6, 6.07) is 0.761. The van der Waals surface area contributed by atoms with Gasteiger partial charge in [-0.1, -0.05) is 12.8 Å². The van der Waals surface area contributed by atoms with Crippen molar-refractivity contribution in [1.29, 1.82) is 0 Å². The molecule has 0 spiro atoms. The first-order valence-electron chi connectivity index (χ1n) is 6.12. The van der Waals surface area contributed by atoms with E-state index < -0.39 is 0 Å². The molecule has 1 atom stereocenters. The first-order chi connectivity index (χ1) is 7.34. The van der Waals surface area contributed by atoms with Crippen molar-refractivity contribution in [2.45, 2.75) is 50.6 Å². The van der Waals surface area contributed by atoms with E-state index in [9.17, 15) is 4.79 Å². The molecule has 2 amide bonds. The molecule has 0 radical (unpaired) electrons. The maximum Gasteiger partial charge on any atom is 0.315 e. The first-order valence-corrected chi connectivity index (χ1v) is 6.12. The van der Waals surface area contributed by atoms with Gasteiger partial charge in [-0.15, -0.1) is 0 Å². The predicted octanol–water partition coefficient (Wildman–Crippen LogP) is 0.980. The molecule has 4 heteroatoms. The van der Waals surface area contributed by atoms with E-state index in [-0.39, 0.29) is 6.03 Å². The second-order valence-electron chi connectivity index (χ2n) is 4.64. The van der Waals surface area contributed by atoms with Gasteiger partial charge in [0.05, 0.1) is 0 Å². The number of carbonyl (C=O) groups is 1. The zero-order valence-corrected chi connectivity index (χ0v) is 9.22. The Morgan fingerprint density at radius 3 is 2.33 bits per heavy atom. The monoisotopic (exact) mass is 211 g/mol. The summed E-state index contributed by atoms with van der Waals surface area (Å²) in [5.41, 5.74) is 0. The molecular formula is C11H21N3O. The van der Waals surface area contributed by atoms with Crippen LogP contribution in [0.25, 0.3) is 0 Å². The minimum Gasteiger partial charge on any atom is -0.335 e. The highest BCUT2D eigenvalue weighted by Gasteiger charge is 2.19. The van der Waals surface area contributed by atoms with E-state index in [4.69, 9.17) is 0 Å². The van der Waals surface area contributed by atoms with Crippen LogP contribution < -0.4 is 16.0 Å². The molecule has 3 N–H and O–H groups in total. The number of urea groups is 1. The van der Waals surface area contributed by atoms with Crippen LogP contribution in [0, 0.1) is 0 Å². The number of amides is 2. The lowest BCUT2D eigenvalue weighted by Crippen LogP contribution is -2.50. The molecule has 1 aliphatic carbocycles. The van der Waals surface area contributed by atoms with E-state index in [2.05, 4.69) is 16.0 Å². The molecule has 1 heterocycles. The lowest BCUT2D eigenvalue weighted by Gasteiger charge is -2.24. The Morgan fingerprint density at radius 2 is 1.67 bits per heavy atom.